The van der Waals surface area contributed by atoms with Gasteiger partial charge < -0.3 is 4.42 Å². The molecule has 0 aliphatic rings. The highest BCUT2D eigenvalue weighted by molar-refractivity contribution is 5.75. The van der Waals surface area contributed by atoms with Gasteiger partial charge in [-0.2, -0.15) is 4.98 Å². The number of aromatic nitrogens is 1. The molecule has 1 heterocycles. The van der Waals surface area contributed by atoms with Gasteiger partial charge in [0.25, 0.3) is 5.56 Å². The Labute approximate surface area is 72.6 Å². The molecule has 0 amide bonds. The van der Waals surface area contributed by atoms with Crippen LogP contribution in [0, 0.1) is 0 Å². The van der Waals surface area contributed by atoms with Gasteiger partial charge in [0.05, 0.1) is 5.39 Å². The molecule has 0 aliphatic carbocycles. The highest BCUT2D eigenvalue weighted by atomic mass is 16.5. The zero-order chi connectivity index (χ0) is 9.26. The van der Waals surface area contributed by atoms with E-state index in [1.54, 1.807) is 29.7 Å². The highest BCUT2D eigenvalue weighted by Crippen LogP contribution is 2.11. The molecule has 0 unspecified atom stereocenters. The van der Waals surface area contributed by atoms with Gasteiger partial charge in [0, 0.05) is 0 Å². The van der Waals surface area contributed by atoms with E-state index in [1.807, 2.05) is 0 Å². The summed E-state index contributed by atoms with van der Waals surface area (Å²) in [6.45, 7) is 0. The average molecular weight is 178 g/mol. The van der Waals surface area contributed by atoms with Crippen LogP contribution in [0.1, 0.15) is 0 Å². The molecule has 5 nitrogen and oxygen atoms in total. The van der Waals surface area contributed by atoms with Crippen molar-refractivity contribution in [3.05, 3.63) is 34.6 Å². The molecule has 0 saturated carbocycles. The van der Waals surface area contributed by atoms with Gasteiger partial charge in [-0.15, -0.1) is 0 Å². The Kier molecular flexibility index (Phi) is 1.71. The number of hydrogen-bond acceptors (Lipinski definition) is 5. The van der Waals surface area contributed by atoms with Crippen molar-refractivity contribution in [2.45, 2.75) is 0 Å². The van der Waals surface area contributed by atoms with Crippen molar-refractivity contribution >= 4 is 17.0 Å². The number of rotatable bonds is 1. The first-order valence-corrected chi connectivity index (χ1v) is 3.61. The summed E-state index contributed by atoms with van der Waals surface area (Å²) in [6, 6.07) is 6.47. The molecule has 1 aromatic carbocycles. The van der Waals surface area contributed by atoms with Crippen molar-refractivity contribution in [2.24, 2.45) is 0 Å². The molecule has 0 atom stereocenters. The van der Waals surface area contributed by atoms with Gasteiger partial charge in [-0.1, -0.05) is 12.1 Å². The fraction of sp³-hybridized carbons (Fsp3) is 0. The summed E-state index contributed by atoms with van der Waals surface area (Å²) >= 11 is 0. The molecule has 0 radical (unpaired) electrons. The minimum absolute atomic E-state index is 0.205. The van der Waals surface area contributed by atoms with Crippen LogP contribution in [0.15, 0.2) is 33.5 Å². The molecule has 2 rings (SSSR count). The molecule has 0 saturated heterocycles. The minimum Gasteiger partial charge on any atom is -0.423 e. The Morgan fingerprint density at radius 2 is 2.15 bits per heavy atom. The van der Waals surface area contributed by atoms with Crippen LogP contribution in [0.3, 0.4) is 0 Å². The maximum absolute atomic E-state index is 11.2. The molecule has 0 fully saturated rings. The average Bonchev–Trinajstić information content (AvgIpc) is 2.18. The Morgan fingerprint density at radius 1 is 1.38 bits per heavy atom. The van der Waals surface area contributed by atoms with Crippen LogP contribution in [0.5, 0.6) is 0 Å². The molecule has 1 aromatic heterocycles. The summed E-state index contributed by atoms with van der Waals surface area (Å²) in [5, 5.41) is 8.87. The predicted molar refractivity (Wildman–Crippen MR) is 45.7 cm³/mol. The second-order valence-electron chi connectivity index (χ2n) is 2.43. The second kappa shape index (κ2) is 2.87. The van der Waals surface area contributed by atoms with Crippen molar-refractivity contribution in [3.63, 3.8) is 0 Å². The largest absolute Gasteiger partial charge is 0.423 e. The molecule has 13 heavy (non-hydrogen) atoms. The van der Waals surface area contributed by atoms with Gasteiger partial charge in [0.2, 0.25) is 0 Å². The molecule has 2 N–H and O–H groups in total. The lowest BCUT2D eigenvalue weighted by atomic mass is 10.3. The summed E-state index contributed by atoms with van der Waals surface area (Å²) in [7, 11) is 0. The van der Waals surface area contributed by atoms with Crippen molar-refractivity contribution < 1.29 is 9.62 Å². The van der Waals surface area contributed by atoms with Gasteiger partial charge in [0.1, 0.15) is 5.58 Å². The highest BCUT2D eigenvalue weighted by Gasteiger charge is 2.03. The third-order valence-corrected chi connectivity index (χ3v) is 1.62. The number of hydrogen-bond donors (Lipinski definition) is 2. The van der Waals surface area contributed by atoms with Crippen LogP contribution in [-0.2, 0) is 0 Å². The number of anilines is 1. The number of benzene rings is 1. The first kappa shape index (κ1) is 7.75. The van der Waals surface area contributed by atoms with Crippen LogP contribution in [-0.4, -0.2) is 10.2 Å². The van der Waals surface area contributed by atoms with Crippen molar-refractivity contribution in [3.8, 4) is 0 Å². The summed E-state index contributed by atoms with van der Waals surface area (Å²) in [6.07, 6.45) is 0. The van der Waals surface area contributed by atoms with E-state index in [1.165, 1.54) is 0 Å². The maximum atomic E-state index is 11.2. The fourth-order valence-electron chi connectivity index (χ4n) is 1.06. The van der Waals surface area contributed by atoms with E-state index in [2.05, 4.69) is 4.98 Å². The van der Waals surface area contributed by atoms with Crippen molar-refractivity contribution in [2.75, 3.05) is 5.48 Å². The maximum Gasteiger partial charge on any atom is 0.322 e. The van der Waals surface area contributed by atoms with Gasteiger partial charge in [-0.3, -0.25) is 10.0 Å². The molecule has 0 bridgehead atoms. The lowest BCUT2D eigenvalue weighted by Crippen LogP contribution is -2.08. The first-order chi connectivity index (χ1) is 6.31. The molecule has 2 aromatic rings. The SMILES string of the molecule is O=c1nc(NO)oc2ccccc12. The molecular formula is C8H6N2O3. The van der Waals surface area contributed by atoms with E-state index in [0.717, 1.165) is 0 Å². The topological polar surface area (TPSA) is 75.4 Å². The van der Waals surface area contributed by atoms with Gasteiger partial charge >= 0.3 is 6.01 Å². The summed E-state index contributed by atoms with van der Waals surface area (Å²) in [4.78, 5) is 14.7. The zero-order valence-electron chi connectivity index (χ0n) is 6.52. The Balaban J connectivity index is 2.85. The zero-order valence-corrected chi connectivity index (χ0v) is 6.52. The lowest BCUT2D eigenvalue weighted by Gasteiger charge is -1.97. The Morgan fingerprint density at radius 3 is 2.92 bits per heavy atom. The third-order valence-electron chi connectivity index (χ3n) is 1.62. The lowest BCUT2D eigenvalue weighted by molar-refractivity contribution is 0.358. The molecule has 0 spiro atoms. The third kappa shape index (κ3) is 1.25. The van der Waals surface area contributed by atoms with Gasteiger partial charge in [0.15, 0.2) is 0 Å². The fourth-order valence-corrected chi connectivity index (χ4v) is 1.06. The van der Waals surface area contributed by atoms with E-state index in [-0.39, 0.29) is 6.01 Å². The van der Waals surface area contributed by atoms with Gasteiger partial charge in [-0.05, 0) is 12.1 Å². The molecule has 5 heteroatoms. The summed E-state index contributed by atoms with van der Waals surface area (Å²) in [5.74, 6) is 0. The van der Waals surface area contributed by atoms with Crippen LogP contribution in [0.4, 0.5) is 6.01 Å². The van der Waals surface area contributed by atoms with E-state index in [9.17, 15) is 4.79 Å². The number of nitrogens with zero attached hydrogens (tertiary/aromatic N) is 1. The predicted octanol–water partition coefficient (Wildman–Crippen LogP) is 0.989. The van der Waals surface area contributed by atoms with Crippen molar-refractivity contribution in [1.29, 1.82) is 0 Å². The van der Waals surface area contributed by atoms with Crippen LogP contribution >= 0.6 is 0 Å². The molecule has 0 aliphatic heterocycles. The standard InChI is InChI=1S/C8H6N2O3/c11-7-5-3-1-2-4-6(5)13-8(9-7)10-12/h1-4,12H,(H,9,10,11). The van der Waals surface area contributed by atoms with Crippen LogP contribution in [0.25, 0.3) is 11.0 Å². The Bertz CT molecular complexity index is 492. The Hall–Kier alpha value is -1.88. The smallest absolute Gasteiger partial charge is 0.322 e. The number of fused-ring (bicyclic) bond motifs is 1. The second-order valence-corrected chi connectivity index (χ2v) is 2.43. The molecule has 66 valence electrons. The van der Waals surface area contributed by atoms with E-state index >= 15 is 0 Å². The van der Waals surface area contributed by atoms with Crippen LogP contribution < -0.4 is 11.0 Å². The monoisotopic (exact) mass is 178 g/mol. The van der Waals surface area contributed by atoms with E-state index < -0.39 is 5.56 Å². The van der Waals surface area contributed by atoms with Gasteiger partial charge in [-0.25, -0.2) is 5.48 Å². The first-order valence-electron chi connectivity index (χ1n) is 3.61. The van der Waals surface area contributed by atoms with Crippen molar-refractivity contribution in [1.82, 2.24) is 4.98 Å². The molecular weight excluding hydrogens is 172 g/mol. The normalized spacial score (nSPS) is 10.2. The summed E-state index contributed by atoms with van der Waals surface area (Å²) < 4.78 is 5.02. The number of nitrogens with one attached hydrogen (secondary N) is 1. The summed E-state index contributed by atoms with van der Waals surface area (Å²) in [5.41, 5.74) is 1.64. The van der Waals surface area contributed by atoms with E-state index in [4.69, 9.17) is 9.62 Å². The minimum atomic E-state index is -0.432. The van der Waals surface area contributed by atoms with E-state index in [0.29, 0.717) is 11.0 Å². The quantitative estimate of drug-likeness (QED) is 0.637. The number of para-hydroxylation sites is 1. The van der Waals surface area contributed by atoms with Crippen LogP contribution in [0.2, 0.25) is 0 Å².